The van der Waals surface area contributed by atoms with Gasteiger partial charge in [-0.1, -0.05) is 19.8 Å². The normalized spacial score (nSPS) is 34.0. The number of nitrogens with one attached hydrogen (secondary N) is 1. The van der Waals surface area contributed by atoms with Gasteiger partial charge in [0, 0.05) is 25.0 Å². The van der Waals surface area contributed by atoms with Crippen LogP contribution in [0.2, 0.25) is 0 Å². The predicted molar refractivity (Wildman–Crippen MR) is 69.8 cm³/mol. The van der Waals surface area contributed by atoms with Crippen molar-refractivity contribution in [2.24, 2.45) is 11.8 Å². The van der Waals surface area contributed by atoms with Crippen molar-refractivity contribution in [2.45, 2.75) is 51.5 Å². The minimum atomic E-state index is 0.316. The number of carbonyl (C=O) groups excluding carboxylic acids is 1. The van der Waals surface area contributed by atoms with Crippen molar-refractivity contribution < 1.29 is 4.79 Å². The maximum absolute atomic E-state index is 12.5. The highest BCUT2D eigenvalue weighted by Gasteiger charge is 2.34. The lowest BCUT2D eigenvalue weighted by Gasteiger charge is -2.32. The Bertz CT molecular complexity index is 267. The van der Waals surface area contributed by atoms with Crippen LogP contribution in [0, 0.1) is 11.8 Å². The number of likely N-dealkylation sites (tertiary alicyclic amines) is 1. The molecular weight excluding hydrogens is 212 g/mol. The van der Waals surface area contributed by atoms with E-state index in [0.29, 0.717) is 17.9 Å². The van der Waals surface area contributed by atoms with Crippen molar-refractivity contribution in [1.82, 2.24) is 10.2 Å². The molecule has 0 aromatic heterocycles. The van der Waals surface area contributed by atoms with Gasteiger partial charge in [-0.2, -0.15) is 0 Å². The van der Waals surface area contributed by atoms with Crippen LogP contribution in [0.5, 0.6) is 0 Å². The third kappa shape index (κ3) is 3.01. The number of hydrogen-bond acceptors (Lipinski definition) is 2. The molecule has 2 fully saturated rings. The number of nitrogens with zero attached hydrogens (tertiary/aromatic N) is 1. The molecule has 3 heteroatoms. The van der Waals surface area contributed by atoms with Gasteiger partial charge in [0.05, 0.1) is 0 Å². The summed E-state index contributed by atoms with van der Waals surface area (Å²) < 4.78 is 0. The number of amides is 1. The zero-order valence-corrected chi connectivity index (χ0v) is 11.2. The van der Waals surface area contributed by atoms with E-state index in [2.05, 4.69) is 17.1 Å². The summed E-state index contributed by atoms with van der Waals surface area (Å²) in [5, 5.41) is 3.21. The van der Waals surface area contributed by atoms with E-state index in [9.17, 15) is 4.79 Å². The molecule has 3 nitrogen and oxygen atoms in total. The molecule has 1 saturated carbocycles. The highest BCUT2D eigenvalue weighted by atomic mass is 16.2. The molecule has 2 rings (SSSR count). The standard InChI is InChI=1S/C14H26N2O/c1-11-5-3-6-12(9-11)14(17)16-8-4-7-13(16)10-15-2/h11-13,15H,3-10H2,1-2H3/t11-,12+,13-/m0/s1. The summed E-state index contributed by atoms with van der Waals surface area (Å²) in [5.74, 6) is 1.49. The third-order valence-electron chi connectivity index (χ3n) is 4.39. The molecule has 0 aromatic carbocycles. The van der Waals surface area contributed by atoms with Crippen LogP contribution >= 0.6 is 0 Å². The highest BCUT2D eigenvalue weighted by Crippen LogP contribution is 2.31. The Morgan fingerprint density at radius 2 is 2.12 bits per heavy atom. The van der Waals surface area contributed by atoms with Gasteiger partial charge in [0.15, 0.2) is 0 Å². The SMILES string of the molecule is CNC[C@@H]1CCCN1C(=O)[C@@H]1CCC[C@H](C)C1. The molecule has 0 bridgehead atoms. The molecule has 1 saturated heterocycles. The number of rotatable bonds is 3. The van der Waals surface area contributed by atoms with Gasteiger partial charge in [0.1, 0.15) is 0 Å². The van der Waals surface area contributed by atoms with Crippen LogP contribution < -0.4 is 5.32 Å². The molecular formula is C14H26N2O. The van der Waals surface area contributed by atoms with Gasteiger partial charge in [-0.3, -0.25) is 4.79 Å². The molecule has 3 atom stereocenters. The van der Waals surface area contributed by atoms with Crippen molar-refractivity contribution in [3.63, 3.8) is 0 Å². The van der Waals surface area contributed by atoms with Gasteiger partial charge in [-0.15, -0.1) is 0 Å². The summed E-state index contributed by atoms with van der Waals surface area (Å²) in [7, 11) is 1.98. The average Bonchev–Trinajstić information content (AvgIpc) is 2.77. The van der Waals surface area contributed by atoms with Crippen LogP contribution in [0.4, 0.5) is 0 Å². The van der Waals surface area contributed by atoms with Crippen molar-refractivity contribution in [1.29, 1.82) is 0 Å². The third-order valence-corrected chi connectivity index (χ3v) is 4.39. The predicted octanol–water partition coefficient (Wildman–Crippen LogP) is 2.02. The van der Waals surface area contributed by atoms with Gasteiger partial charge in [0.25, 0.3) is 0 Å². The second-order valence-electron chi connectivity index (χ2n) is 5.85. The summed E-state index contributed by atoms with van der Waals surface area (Å²) in [4.78, 5) is 14.7. The molecule has 1 amide bonds. The first kappa shape index (κ1) is 12.9. The highest BCUT2D eigenvalue weighted by molar-refractivity contribution is 5.79. The Balaban J connectivity index is 1.93. The van der Waals surface area contributed by atoms with Crippen LogP contribution in [-0.2, 0) is 4.79 Å². The molecule has 2 aliphatic rings. The van der Waals surface area contributed by atoms with Crippen molar-refractivity contribution in [3.8, 4) is 0 Å². The van der Waals surface area contributed by atoms with E-state index in [1.807, 2.05) is 7.05 Å². The Kier molecular flexibility index (Phi) is 4.43. The van der Waals surface area contributed by atoms with Crippen LogP contribution in [0.15, 0.2) is 0 Å². The molecule has 1 heterocycles. The molecule has 98 valence electrons. The van der Waals surface area contributed by atoms with Gasteiger partial charge in [0.2, 0.25) is 5.91 Å². The lowest BCUT2D eigenvalue weighted by atomic mass is 9.81. The summed E-state index contributed by atoms with van der Waals surface area (Å²) >= 11 is 0. The van der Waals surface area contributed by atoms with Crippen LogP contribution in [0.3, 0.4) is 0 Å². The number of carbonyl (C=O) groups is 1. The Hall–Kier alpha value is -0.570. The fourth-order valence-corrected chi connectivity index (χ4v) is 3.47. The van der Waals surface area contributed by atoms with E-state index in [4.69, 9.17) is 0 Å². The Morgan fingerprint density at radius 1 is 1.29 bits per heavy atom. The lowest BCUT2D eigenvalue weighted by molar-refractivity contribution is -0.137. The first-order valence-electron chi connectivity index (χ1n) is 7.17. The molecule has 1 N–H and O–H groups in total. The largest absolute Gasteiger partial charge is 0.338 e. The molecule has 17 heavy (non-hydrogen) atoms. The summed E-state index contributed by atoms with van der Waals surface area (Å²) in [5.41, 5.74) is 0. The minimum absolute atomic E-state index is 0.316. The topological polar surface area (TPSA) is 32.3 Å². The summed E-state index contributed by atoms with van der Waals surface area (Å²) in [6, 6.07) is 0.449. The Labute approximate surface area is 105 Å². The van der Waals surface area contributed by atoms with Crippen molar-refractivity contribution >= 4 is 5.91 Å². The summed E-state index contributed by atoms with van der Waals surface area (Å²) in [6.07, 6.45) is 7.13. The summed E-state index contributed by atoms with van der Waals surface area (Å²) in [6.45, 7) is 4.22. The molecule has 1 aliphatic heterocycles. The van der Waals surface area contributed by atoms with Crippen molar-refractivity contribution in [3.05, 3.63) is 0 Å². The van der Waals surface area contributed by atoms with Crippen LogP contribution in [-0.4, -0.2) is 37.0 Å². The maximum Gasteiger partial charge on any atom is 0.225 e. The number of likely N-dealkylation sites (N-methyl/N-ethyl adjacent to an activating group) is 1. The van der Waals surface area contributed by atoms with E-state index in [1.54, 1.807) is 0 Å². The van der Waals surface area contributed by atoms with Crippen molar-refractivity contribution in [2.75, 3.05) is 20.1 Å². The first-order chi connectivity index (χ1) is 8.22. The Morgan fingerprint density at radius 3 is 2.82 bits per heavy atom. The zero-order valence-electron chi connectivity index (χ0n) is 11.2. The van der Waals surface area contributed by atoms with Gasteiger partial charge < -0.3 is 10.2 Å². The second-order valence-corrected chi connectivity index (χ2v) is 5.85. The smallest absolute Gasteiger partial charge is 0.225 e. The van der Waals surface area contributed by atoms with Gasteiger partial charge in [-0.05, 0) is 38.6 Å². The van der Waals surface area contributed by atoms with E-state index in [0.717, 1.165) is 31.8 Å². The van der Waals surface area contributed by atoms with Crippen LogP contribution in [0.25, 0.3) is 0 Å². The zero-order chi connectivity index (χ0) is 12.3. The number of hydrogen-bond donors (Lipinski definition) is 1. The van der Waals surface area contributed by atoms with E-state index < -0.39 is 0 Å². The van der Waals surface area contributed by atoms with E-state index in [1.165, 1.54) is 25.7 Å². The molecule has 0 aromatic rings. The van der Waals surface area contributed by atoms with Gasteiger partial charge in [-0.25, -0.2) is 0 Å². The molecule has 0 spiro atoms. The molecule has 0 unspecified atom stereocenters. The molecule has 1 aliphatic carbocycles. The van der Waals surface area contributed by atoms with E-state index >= 15 is 0 Å². The average molecular weight is 238 g/mol. The fourth-order valence-electron chi connectivity index (χ4n) is 3.47. The quantitative estimate of drug-likeness (QED) is 0.816. The fraction of sp³-hybridized carbons (Fsp3) is 0.929. The first-order valence-corrected chi connectivity index (χ1v) is 7.17. The minimum Gasteiger partial charge on any atom is -0.338 e. The maximum atomic E-state index is 12.5. The van der Waals surface area contributed by atoms with Crippen LogP contribution in [0.1, 0.15) is 45.4 Å². The lowest BCUT2D eigenvalue weighted by Crippen LogP contribution is -2.44. The van der Waals surface area contributed by atoms with Gasteiger partial charge >= 0.3 is 0 Å². The molecule has 0 radical (unpaired) electrons. The second kappa shape index (κ2) is 5.85. The monoisotopic (exact) mass is 238 g/mol. The van der Waals surface area contributed by atoms with E-state index in [-0.39, 0.29) is 0 Å².